The largest absolute Gasteiger partial charge is 0.488 e. The van der Waals surface area contributed by atoms with E-state index in [4.69, 9.17) is 9.47 Å². The number of likely N-dealkylation sites (N-methyl/N-ethyl adjacent to an activating group) is 1. The van der Waals surface area contributed by atoms with Crippen molar-refractivity contribution in [2.75, 3.05) is 49.0 Å². The summed E-state index contributed by atoms with van der Waals surface area (Å²) in [5.74, 6) is -0.871. The second-order valence-corrected chi connectivity index (χ2v) is 11.1. The lowest BCUT2D eigenvalue weighted by atomic mass is 9.98. The van der Waals surface area contributed by atoms with E-state index in [-0.39, 0.29) is 34.4 Å². The van der Waals surface area contributed by atoms with Crippen LogP contribution in [-0.4, -0.2) is 64.7 Å². The lowest BCUT2D eigenvalue weighted by Crippen LogP contribution is -2.53. The van der Waals surface area contributed by atoms with Gasteiger partial charge in [-0.25, -0.2) is 17.6 Å². The van der Waals surface area contributed by atoms with Crippen LogP contribution < -0.4 is 14.4 Å². The molecule has 2 aliphatic heterocycles. The summed E-state index contributed by atoms with van der Waals surface area (Å²) in [6.07, 6.45) is 5.96. The van der Waals surface area contributed by atoms with E-state index in [2.05, 4.69) is 14.5 Å². The molecule has 0 aromatic heterocycles. The Morgan fingerprint density at radius 1 is 1.24 bits per heavy atom. The number of halogens is 1. The molecule has 0 aliphatic carbocycles. The number of unbranched alkanes of at least 4 members (excludes halogenated alkanes) is 1. The quantitative estimate of drug-likeness (QED) is 0.300. The number of benzene rings is 2. The number of carbonyl (C=O) groups excluding carboxylic acids is 1. The number of nitrogens with zero attached hydrogens (tertiary/aromatic N) is 2. The summed E-state index contributed by atoms with van der Waals surface area (Å²) in [5.41, 5.74) is 1.08. The molecule has 8 nitrogen and oxygen atoms in total. The molecular weight excluding hydrogens is 509 g/mol. The number of nitrogens with one attached hydrogen (secondary N) is 1. The van der Waals surface area contributed by atoms with Gasteiger partial charge in [0, 0.05) is 13.1 Å². The first-order valence-corrected chi connectivity index (χ1v) is 14.7. The van der Waals surface area contributed by atoms with Gasteiger partial charge >= 0.3 is 5.97 Å². The molecule has 0 radical (unpaired) electrons. The minimum Gasteiger partial charge on any atom is -0.488 e. The van der Waals surface area contributed by atoms with Gasteiger partial charge in [-0.3, -0.25) is 4.72 Å². The van der Waals surface area contributed by atoms with Crippen molar-refractivity contribution < 1.29 is 27.1 Å². The fraction of sp³-hybridized carbons (Fsp3) is 0.464. The maximum atomic E-state index is 14.1. The Labute approximate surface area is 224 Å². The third kappa shape index (κ3) is 5.96. The Balaban J connectivity index is 1.69. The minimum atomic E-state index is -4.20. The lowest BCUT2D eigenvalue weighted by Gasteiger charge is -2.46. The Kier molecular flexibility index (Phi) is 8.94. The van der Waals surface area contributed by atoms with Gasteiger partial charge in [-0.15, -0.1) is 0 Å². The highest BCUT2D eigenvalue weighted by Gasteiger charge is 2.38. The van der Waals surface area contributed by atoms with E-state index in [1.54, 1.807) is 18.2 Å². The van der Waals surface area contributed by atoms with Crippen molar-refractivity contribution in [2.45, 2.75) is 51.0 Å². The molecule has 1 N–H and O–H groups in total. The van der Waals surface area contributed by atoms with Crippen LogP contribution in [0.4, 0.5) is 15.8 Å². The van der Waals surface area contributed by atoms with Crippen LogP contribution in [0.25, 0.3) is 6.08 Å². The Morgan fingerprint density at radius 3 is 2.71 bits per heavy atom. The number of esters is 1. The monoisotopic (exact) mass is 545 g/mol. The summed E-state index contributed by atoms with van der Waals surface area (Å²) in [5, 5.41) is 0. The molecule has 10 heteroatoms. The van der Waals surface area contributed by atoms with Crippen LogP contribution in [0.15, 0.2) is 41.3 Å². The summed E-state index contributed by atoms with van der Waals surface area (Å²) in [6.45, 7) is 9.82. The molecule has 4 rings (SSSR count). The number of carbonyl (C=O) groups is 1. The molecule has 38 heavy (non-hydrogen) atoms. The van der Waals surface area contributed by atoms with E-state index < -0.39 is 21.8 Å². The number of fused-ring (bicyclic) bond motifs is 3. The van der Waals surface area contributed by atoms with E-state index in [9.17, 15) is 17.6 Å². The zero-order valence-corrected chi connectivity index (χ0v) is 23.0. The van der Waals surface area contributed by atoms with Crippen molar-refractivity contribution in [3.63, 3.8) is 0 Å². The molecule has 1 fully saturated rings. The van der Waals surface area contributed by atoms with Crippen LogP contribution in [0.2, 0.25) is 0 Å². The average molecular weight is 546 g/mol. The molecule has 2 aromatic rings. The van der Waals surface area contributed by atoms with Crippen molar-refractivity contribution in [3.8, 4) is 5.75 Å². The number of rotatable bonds is 12. The Morgan fingerprint density at radius 2 is 2.03 bits per heavy atom. The van der Waals surface area contributed by atoms with Gasteiger partial charge in [0.05, 0.1) is 28.9 Å². The van der Waals surface area contributed by atoms with Crippen LogP contribution in [0.1, 0.15) is 56.0 Å². The van der Waals surface area contributed by atoms with Crippen molar-refractivity contribution in [2.24, 2.45) is 0 Å². The first-order chi connectivity index (χ1) is 18.3. The molecule has 2 aromatic carbocycles. The normalized spacial score (nSPS) is 16.6. The molecule has 0 bridgehead atoms. The molecule has 0 unspecified atom stereocenters. The van der Waals surface area contributed by atoms with Gasteiger partial charge in [0.2, 0.25) is 0 Å². The SMILES string of the molecule is CCCCOC(=O)c1c(NS(=O)(=O)c2ccc(F)cc2/C=C\CN(CC)CC)ccc2c1OC[C@H]1CCN21. The van der Waals surface area contributed by atoms with Crippen molar-refractivity contribution >= 4 is 33.4 Å². The fourth-order valence-electron chi connectivity index (χ4n) is 4.63. The van der Waals surface area contributed by atoms with E-state index in [1.165, 1.54) is 12.1 Å². The zero-order valence-electron chi connectivity index (χ0n) is 22.2. The predicted octanol–water partition coefficient (Wildman–Crippen LogP) is 4.91. The van der Waals surface area contributed by atoms with Gasteiger partial charge in [-0.05, 0) is 61.8 Å². The minimum absolute atomic E-state index is 0.0493. The van der Waals surface area contributed by atoms with Crippen LogP contribution >= 0.6 is 0 Å². The van der Waals surface area contributed by atoms with Crippen molar-refractivity contribution in [1.82, 2.24) is 4.90 Å². The highest BCUT2D eigenvalue weighted by atomic mass is 32.2. The summed E-state index contributed by atoms with van der Waals surface area (Å²) in [4.78, 5) is 17.4. The molecule has 0 amide bonds. The van der Waals surface area contributed by atoms with Gasteiger partial charge in [0.25, 0.3) is 10.0 Å². The first-order valence-electron chi connectivity index (χ1n) is 13.2. The van der Waals surface area contributed by atoms with Crippen molar-refractivity contribution in [1.29, 1.82) is 0 Å². The number of ether oxygens (including phenoxy) is 2. The van der Waals surface area contributed by atoms with Gasteiger partial charge < -0.3 is 19.3 Å². The van der Waals surface area contributed by atoms with Gasteiger partial charge in [0.15, 0.2) is 5.75 Å². The first kappa shape index (κ1) is 27.9. The summed E-state index contributed by atoms with van der Waals surface area (Å²) in [6, 6.07) is 7.10. The van der Waals surface area contributed by atoms with Gasteiger partial charge in [0.1, 0.15) is 18.0 Å². The van der Waals surface area contributed by atoms with Crippen LogP contribution in [0.3, 0.4) is 0 Å². The van der Waals surface area contributed by atoms with E-state index in [0.29, 0.717) is 25.3 Å². The highest BCUT2D eigenvalue weighted by molar-refractivity contribution is 7.92. The number of anilines is 2. The lowest BCUT2D eigenvalue weighted by molar-refractivity contribution is 0.0494. The smallest absolute Gasteiger partial charge is 0.344 e. The zero-order chi connectivity index (χ0) is 27.3. The predicted molar refractivity (Wildman–Crippen MR) is 147 cm³/mol. The molecule has 206 valence electrons. The Hall–Kier alpha value is -3.11. The number of sulfonamides is 1. The van der Waals surface area contributed by atoms with Crippen molar-refractivity contribution in [3.05, 3.63) is 53.4 Å². The second-order valence-electron chi connectivity index (χ2n) is 9.45. The summed E-state index contributed by atoms with van der Waals surface area (Å²) in [7, 11) is -4.20. The standard InChI is InChI=1S/C28H36FN3O5S/c1-4-7-17-36-28(33)26-23(11-12-24-27(26)37-19-22-14-16-32(22)24)30-38(34,35)25-13-10-21(29)18-20(25)9-8-15-31(5-2)6-3/h8-13,18,22,30H,4-7,14-17,19H2,1-3H3/b9-8-/t22-/m1/s1. The fourth-order valence-corrected chi connectivity index (χ4v) is 5.88. The molecule has 2 aliphatic rings. The number of hydrogen-bond donors (Lipinski definition) is 1. The Bertz CT molecular complexity index is 1290. The van der Waals surface area contributed by atoms with Crippen LogP contribution in [0.5, 0.6) is 5.75 Å². The molecule has 0 saturated carbocycles. The maximum absolute atomic E-state index is 14.1. The highest BCUT2D eigenvalue weighted by Crippen LogP contribution is 2.44. The van der Waals surface area contributed by atoms with Crippen LogP contribution in [0, 0.1) is 5.82 Å². The van der Waals surface area contributed by atoms with Gasteiger partial charge in [-0.2, -0.15) is 0 Å². The van der Waals surface area contributed by atoms with Gasteiger partial charge in [-0.1, -0.05) is 39.3 Å². The molecule has 1 saturated heterocycles. The molecular formula is C28H36FN3O5S. The summed E-state index contributed by atoms with van der Waals surface area (Å²) >= 11 is 0. The average Bonchev–Trinajstić information content (AvgIpc) is 2.86. The second kappa shape index (κ2) is 12.2. The molecule has 0 spiro atoms. The van der Waals surface area contributed by atoms with Crippen LogP contribution in [-0.2, 0) is 14.8 Å². The summed E-state index contributed by atoms with van der Waals surface area (Å²) < 4.78 is 55.3. The maximum Gasteiger partial charge on any atom is 0.344 e. The van der Waals surface area contributed by atoms with E-state index >= 15 is 0 Å². The van der Waals surface area contributed by atoms with E-state index in [1.807, 2.05) is 26.8 Å². The number of hydrogen-bond acceptors (Lipinski definition) is 7. The van der Waals surface area contributed by atoms with E-state index in [0.717, 1.165) is 44.2 Å². The topological polar surface area (TPSA) is 88.2 Å². The third-order valence-corrected chi connectivity index (χ3v) is 8.45. The molecule has 2 heterocycles. The molecule has 1 atom stereocenters. The third-order valence-electron chi connectivity index (χ3n) is 7.01.